The van der Waals surface area contributed by atoms with Gasteiger partial charge in [-0.05, 0) is 53.9 Å². The van der Waals surface area contributed by atoms with E-state index in [0.29, 0.717) is 5.92 Å². The van der Waals surface area contributed by atoms with Gasteiger partial charge in [0.15, 0.2) is 0 Å². The fraction of sp³-hybridized carbons (Fsp3) is 0.115. The van der Waals surface area contributed by atoms with E-state index in [2.05, 4.69) is 83.9 Å². The number of aromatic nitrogens is 2. The second-order valence-electron chi connectivity index (χ2n) is 7.92. The highest BCUT2D eigenvalue weighted by Crippen LogP contribution is 2.41. The molecule has 134 valence electrons. The van der Waals surface area contributed by atoms with Gasteiger partial charge in [0.05, 0.1) is 22.2 Å². The summed E-state index contributed by atoms with van der Waals surface area (Å²) >= 11 is 0. The lowest BCUT2D eigenvalue weighted by atomic mass is 9.97. The molecule has 0 unspecified atom stereocenters. The average Bonchev–Trinajstić information content (AvgIpc) is 3.25. The topological polar surface area (TPSA) is 17.3 Å². The summed E-state index contributed by atoms with van der Waals surface area (Å²) in [5, 5.41) is 5.33. The molecule has 0 N–H and O–H groups in total. The Labute approximate surface area is 163 Å². The molecule has 0 atom stereocenters. The number of hydrogen-bond acceptors (Lipinski definition) is 1. The zero-order chi connectivity index (χ0) is 18.8. The molecule has 3 aromatic heterocycles. The summed E-state index contributed by atoms with van der Waals surface area (Å²) < 4.78 is 2.43. The standard InChI is InChI=1S/C26H20N2/c1-16(2)18-14-21-19-7-3-4-9-24(19)28-25-11-10-17(23-8-5-6-12-27-23)13-20(25)22(15-18)26(21)28/h3-16H,1-2H3. The highest BCUT2D eigenvalue weighted by atomic mass is 14.9. The van der Waals surface area contributed by atoms with Crippen molar-refractivity contribution in [3.8, 4) is 11.3 Å². The Bertz CT molecular complexity index is 1470. The molecule has 0 aliphatic heterocycles. The van der Waals surface area contributed by atoms with Gasteiger partial charge >= 0.3 is 0 Å². The highest BCUT2D eigenvalue weighted by molar-refractivity contribution is 6.23. The van der Waals surface area contributed by atoms with Gasteiger partial charge in [0.2, 0.25) is 0 Å². The molecule has 2 heteroatoms. The zero-order valence-corrected chi connectivity index (χ0v) is 16.0. The number of benzene rings is 3. The van der Waals surface area contributed by atoms with Gasteiger partial charge < -0.3 is 4.40 Å². The molecule has 0 saturated heterocycles. The quantitative estimate of drug-likeness (QED) is 0.324. The number of para-hydroxylation sites is 1. The Morgan fingerprint density at radius 2 is 1.46 bits per heavy atom. The minimum absolute atomic E-state index is 0.491. The molecule has 0 saturated carbocycles. The molecule has 2 nitrogen and oxygen atoms in total. The summed E-state index contributed by atoms with van der Waals surface area (Å²) in [6.45, 7) is 4.54. The fourth-order valence-electron chi connectivity index (χ4n) is 4.55. The van der Waals surface area contributed by atoms with Crippen LogP contribution in [-0.4, -0.2) is 9.38 Å². The van der Waals surface area contributed by atoms with Crippen molar-refractivity contribution in [1.29, 1.82) is 0 Å². The normalized spacial score (nSPS) is 12.2. The molecule has 0 aliphatic rings. The molecule has 0 spiro atoms. The van der Waals surface area contributed by atoms with Crippen LogP contribution in [0.25, 0.3) is 49.4 Å². The molecular weight excluding hydrogens is 340 g/mol. The van der Waals surface area contributed by atoms with Crippen molar-refractivity contribution < 1.29 is 0 Å². The first-order valence-corrected chi connectivity index (χ1v) is 9.85. The van der Waals surface area contributed by atoms with Crippen LogP contribution in [0.4, 0.5) is 0 Å². The van der Waals surface area contributed by atoms with Crippen LogP contribution >= 0.6 is 0 Å². The van der Waals surface area contributed by atoms with Crippen molar-refractivity contribution in [3.63, 3.8) is 0 Å². The van der Waals surface area contributed by atoms with E-state index in [0.717, 1.165) is 11.3 Å². The number of pyridine rings is 1. The largest absolute Gasteiger partial charge is 0.308 e. The van der Waals surface area contributed by atoms with Crippen molar-refractivity contribution in [1.82, 2.24) is 9.38 Å². The van der Waals surface area contributed by atoms with E-state index in [-0.39, 0.29) is 0 Å². The average molecular weight is 360 g/mol. The lowest BCUT2D eigenvalue weighted by Gasteiger charge is -2.07. The molecule has 6 rings (SSSR count). The van der Waals surface area contributed by atoms with E-state index in [4.69, 9.17) is 0 Å². The molecule has 6 aromatic rings. The van der Waals surface area contributed by atoms with E-state index >= 15 is 0 Å². The number of hydrogen-bond donors (Lipinski definition) is 0. The summed E-state index contributed by atoms with van der Waals surface area (Å²) in [5.74, 6) is 0.491. The van der Waals surface area contributed by atoms with Crippen molar-refractivity contribution in [2.45, 2.75) is 19.8 Å². The first kappa shape index (κ1) is 15.6. The number of nitrogens with zero attached hydrogens (tertiary/aromatic N) is 2. The fourth-order valence-corrected chi connectivity index (χ4v) is 4.55. The summed E-state index contributed by atoms with van der Waals surface area (Å²) in [5.41, 5.74) is 7.45. The van der Waals surface area contributed by atoms with Gasteiger partial charge in [-0.15, -0.1) is 0 Å². The second-order valence-corrected chi connectivity index (χ2v) is 7.92. The summed E-state index contributed by atoms with van der Waals surface area (Å²) in [6, 6.07) is 26.3. The van der Waals surface area contributed by atoms with E-state index in [1.807, 2.05) is 18.3 Å². The molecule has 3 aromatic carbocycles. The predicted molar refractivity (Wildman–Crippen MR) is 118 cm³/mol. The number of rotatable bonds is 2. The molecule has 3 heterocycles. The maximum absolute atomic E-state index is 4.55. The molecule has 0 radical (unpaired) electrons. The van der Waals surface area contributed by atoms with E-state index in [1.54, 1.807) is 0 Å². The van der Waals surface area contributed by atoms with Gasteiger partial charge in [-0.2, -0.15) is 0 Å². The first-order chi connectivity index (χ1) is 13.7. The molecule has 28 heavy (non-hydrogen) atoms. The third-order valence-corrected chi connectivity index (χ3v) is 5.95. The van der Waals surface area contributed by atoms with Crippen LogP contribution in [0.3, 0.4) is 0 Å². The molecule has 0 bridgehead atoms. The Morgan fingerprint density at radius 1 is 0.714 bits per heavy atom. The van der Waals surface area contributed by atoms with Crippen LogP contribution in [0.1, 0.15) is 25.3 Å². The van der Waals surface area contributed by atoms with E-state index < -0.39 is 0 Å². The Balaban J connectivity index is 1.82. The summed E-state index contributed by atoms with van der Waals surface area (Å²) in [4.78, 5) is 4.55. The van der Waals surface area contributed by atoms with Crippen LogP contribution in [0.5, 0.6) is 0 Å². The third kappa shape index (κ3) is 2.00. The maximum atomic E-state index is 4.55. The van der Waals surface area contributed by atoms with Gasteiger partial charge in [0.25, 0.3) is 0 Å². The smallest absolute Gasteiger partial charge is 0.0702 e. The third-order valence-electron chi connectivity index (χ3n) is 5.95. The lowest BCUT2D eigenvalue weighted by Crippen LogP contribution is -1.86. The number of fused-ring (bicyclic) bond motifs is 6. The van der Waals surface area contributed by atoms with Crippen LogP contribution in [0, 0.1) is 0 Å². The zero-order valence-electron chi connectivity index (χ0n) is 16.0. The maximum Gasteiger partial charge on any atom is 0.0702 e. The minimum Gasteiger partial charge on any atom is -0.308 e. The van der Waals surface area contributed by atoms with E-state index in [1.165, 1.54) is 43.7 Å². The van der Waals surface area contributed by atoms with Crippen LogP contribution in [-0.2, 0) is 0 Å². The van der Waals surface area contributed by atoms with Crippen LogP contribution in [0.2, 0.25) is 0 Å². The van der Waals surface area contributed by atoms with Crippen molar-refractivity contribution >= 4 is 38.1 Å². The van der Waals surface area contributed by atoms with Crippen molar-refractivity contribution in [2.75, 3.05) is 0 Å². The van der Waals surface area contributed by atoms with Crippen LogP contribution in [0.15, 0.2) is 79.0 Å². The predicted octanol–water partition coefficient (Wildman–Crippen LogP) is 7.02. The van der Waals surface area contributed by atoms with Gasteiger partial charge in [-0.1, -0.05) is 44.2 Å². The highest BCUT2D eigenvalue weighted by Gasteiger charge is 2.19. The molecule has 0 fully saturated rings. The van der Waals surface area contributed by atoms with E-state index in [9.17, 15) is 0 Å². The second kappa shape index (κ2) is 5.56. The minimum atomic E-state index is 0.491. The first-order valence-electron chi connectivity index (χ1n) is 9.85. The molecule has 0 amide bonds. The SMILES string of the molecule is CC(C)c1cc2c3ccccc3n3c4ccc(-c5ccccn5)cc4c(c1)c23. The van der Waals surface area contributed by atoms with Gasteiger partial charge in [0, 0.05) is 33.3 Å². The van der Waals surface area contributed by atoms with Crippen molar-refractivity contribution in [3.05, 3.63) is 84.6 Å². The summed E-state index contributed by atoms with van der Waals surface area (Å²) in [6.07, 6.45) is 1.86. The van der Waals surface area contributed by atoms with Gasteiger partial charge in [-0.25, -0.2) is 0 Å². The molecular formula is C26H20N2. The summed E-state index contributed by atoms with van der Waals surface area (Å²) in [7, 11) is 0. The monoisotopic (exact) mass is 360 g/mol. The Kier molecular flexibility index (Phi) is 3.10. The Hall–Kier alpha value is -3.39. The van der Waals surface area contributed by atoms with Gasteiger partial charge in [-0.3, -0.25) is 4.98 Å². The Morgan fingerprint density at radius 3 is 2.25 bits per heavy atom. The molecule has 0 aliphatic carbocycles. The van der Waals surface area contributed by atoms with Crippen molar-refractivity contribution in [2.24, 2.45) is 0 Å². The van der Waals surface area contributed by atoms with Gasteiger partial charge in [0.1, 0.15) is 0 Å². The van der Waals surface area contributed by atoms with Crippen LogP contribution < -0.4 is 0 Å². The lowest BCUT2D eigenvalue weighted by molar-refractivity contribution is 0.870.